The van der Waals surface area contributed by atoms with E-state index in [1.165, 1.54) is 51.5 Å². The molecule has 0 fully saturated rings. The predicted molar refractivity (Wildman–Crippen MR) is 72.0 cm³/mol. The first-order valence-corrected chi connectivity index (χ1v) is 7.20. The largest absolute Gasteiger partial charge is 0.381 e. The summed E-state index contributed by atoms with van der Waals surface area (Å²) in [7, 11) is 0. The van der Waals surface area contributed by atoms with Crippen molar-refractivity contribution in [1.29, 1.82) is 0 Å². The Morgan fingerprint density at radius 2 is 1.31 bits per heavy atom. The van der Waals surface area contributed by atoms with E-state index in [2.05, 4.69) is 19.2 Å². The van der Waals surface area contributed by atoms with Crippen molar-refractivity contribution in [3.63, 3.8) is 0 Å². The van der Waals surface area contributed by atoms with Gasteiger partial charge in [0.2, 0.25) is 0 Å². The molecule has 1 N–H and O–H groups in total. The number of unbranched alkanes of at least 4 members (excludes halogenated alkanes) is 5. The Hall–Kier alpha value is -0.0800. The Morgan fingerprint density at radius 3 is 2.06 bits per heavy atom. The molecular formula is C14H31NO. The Balaban J connectivity index is 2.83. The van der Waals surface area contributed by atoms with Crippen LogP contribution in [0.4, 0.5) is 0 Å². The summed E-state index contributed by atoms with van der Waals surface area (Å²) >= 11 is 0. The molecule has 0 rings (SSSR count). The molecule has 0 saturated carbocycles. The van der Waals surface area contributed by atoms with Crippen molar-refractivity contribution >= 4 is 0 Å². The summed E-state index contributed by atoms with van der Waals surface area (Å²) in [5, 5.41) is 3.45. The van der Waals surface area contributed by atoms with Gasteiger partial charge in [-0.25, -0.2) is 0 Å². The highest BCUT2D eigenvalue weighted by Gasteiger charge is 1.91. The van der Waals surface area contributed by atoms with Crippen molar-refractivity contribution in [2.45, 2.75) is 65.2 Å². The van der Waals surface area contributed by atoms with Gasteiger partial charge in [0.1, 0.15) is 0 Å². The van der Waals surface area contributed by atoms with Gasteiger partial charge in [-0.15, -0.1) is 0 Å². The highest BCUT2D eigenvalue weighted by atomic mass is 16.5. The molecule has 0 bridgehead atoms. The summed E-state index contributed by atoms with van der Waals surface area (Å²) in [6, 6.07) is 0. The van der Waals surface area contributed by atoms with Gasteiger partial charge in [-0.3, -0.25) is 0 Å². The second kappa shape index (κ2) is 14.9. The number of nitrogens with one attached hydrogen (secondary N) is 1. The van der Waals surface area contributed by atoms with E-state index in [0.29, 0.717) is 0 Å². The van der Waals surface area contributed by atoms with Crippen molar-refractivity contribution in [2.24, 2.45) is 0 Å². The molecule has 0 unspecified atom stereocenters. The average Bonchev–Trinajstić information content (AvgIpc) is 2.31. The number of hydrogen-bond donors (Lipinski definition) is 1. The van der Waals surface area contributed by atoms with Crippen LogP contribution in [0.2, 0.25) is 0 Å². The summed E-state index contributed by atoms with van der Waals surface area (Å²) in [4.78, 5) is 0. The minimum Gasteiger partial charge on any atom is -0.381 e. The van der Waals surface area contributed by atoms with Gasteiger partial charge in [0, 0.05) is 13.2 Å². The lowest BCUT2D eigenvalue weighted by molar-refractivity contribution is 0.127. The van der Waals surface area contributed by atoms with E-state index in [1.807, 2.05) is 0 Å². The van der Waals surface area contributed by atoms with Crippen molar-refractivity contribution < 1.29 is 4.74 Å². The molecule has 2 nitrogen and oxygen atoms in total. The van der Waals surface area contributed by atoms with Crippen LogP contribution in [0.1, 0.15) is 65.2 Å². The molecule has 0 amide bonds. The van der Waals surface area contributed by atoms with Gasteiger partial charge >= 0.3 is 0 Å². The Labute approximate surface area is 102 Å². The zero-order valence-corrected chi connectivity index (χ0v) is 11.4. The standard InChI is InChI=1S/C14H31NO/c1-3-5-7-9-13-16-14-10-12-15-11-8-6-4-2/h15H,3-14H2,1-2H3. The average molecular weight is 229 g/mol. The highest BCUT2D eigenvalue weighted by Crippen LogP contribution is 1.98. The predicted octanol–water partition coefficient (Wildman–Crippen LogP) is 3.75. The van der Waals surface area contributed by atoms with Crippen LogP contribution in [-0.4, -0.2) is 26.3 Å². The molecule has 0 aliphatic heterocycles. The molecule has 0 saturated heterocycles. The van der Waals surface area contributed by atoms with Gasteiger partial charge in [-0.2, -0.15) is 0 Å². The maximum Gasteiger partial charge on any atom is 0.0478 e. The molecule has 16 heavy (non-hydrogen) atoms. The Bertz CT molecular complexity index is 103. The summed E-state index contributed by atoms with van der Waals surface area (Å²) in [6.45, 7) is 8.64. The van der Waals surface area contributed by atoms with Crippen molar-refractivity contribution in [3.05, 3.63) is 0 Å². The first kappa shape index (κ1) is 15.9. The van der Waals surface area contributed by atoms with Crippen LogP contribution in [-0.2, 0) is 4.74 Å². The van der Waals surface area contributed by atoms with E-state index in [-0.39, 0.29) is 0 Å². The van der Waals surface area contributed by atoms with Crippen molar-refractivity contribution in [3.8, 4) is 0 Å². The fourth-order valence-corrected chi connectivity index (χ4v) is 1.66. The summed E-state index contributed by atoms with van der Waals surface area (Å²) in [6.07, 6.45) is 10.3. The maximum atomic E-state index is 5.57. The molecular weight excluding hydrogens is 198 g/mol. The van der Waals surface area contributed by atoms with Crippen LogP contribution in [0.15, 0.2) is 0 Å². The van der Waals surface area contributed by atoms with Gasteiger partial charge in [0.15, 0.2) is 0 Å². The lowest BCUT2D eigenvalue weighted by Gasteiger charge is -2.05. The van der Waals surface area contributed by atoms with Crippen LogP contribution in [0.25, 0.3) is 0 Å². The van der Waals surface area contributed by atoms with Crippen LogP contribution < -0.4 is 5.32 Å². The maximum absolute atomic E-state index is 5.57. The normalized spacial score (nSPS) is 10.9. The van der Waals surface area contributed by atoms with Gasteiger partial charge in [0.25, 0.3) is 0 Å². The zero-order chi connectivity index (χ0) is 11.9. The first-order valence-electron chi connectivity index (χ1n) is 7.20. The van der Waals surface area contributed by atoms with Gasteiger partial charge in [-0.1, -0.05) is 46.0 Å². The van der Waals surface area contributed by atoms with Gasteiger partial charge in [0.05, 0.1) is 0 Å². The number of rotatable bonds is 13. The minimum absolute atomic E-state index is 0.924. The van der Waals surface area contributed by atoms with Gasteiger partial charge in [-0.05, 0) is 32.4 Å². The molecule has 0 aliphatic rings. The van der Waals surface area contributed by atoms with Crippen LogP contribution in [0.3, 0.4) is 0 Å². The van der Waals surface area contributed by atoms with E-state index in [4.69, 9.17) is 4.74 Å². The van der Waals surface area contributed by atoms with E-state index in [9.17, 15) is 0 Å². The van der Waals surface area contributed by atoms with E-state index in [0.717, 1.165) is 26.2 Å². The Morgan fingerprint density at radius 1 is 0.688 bits per heavy atom. The minimum atomic E-state index is 0.924. The first-order chi connectivity index (χ1) is 7.91. The quantitative estimate of drug-likeness (QED) is 0.486. The van der Waals surface area contributed by atoms with Crippen LogP contribution in [0.5, 0.6) is 0 Å². The second-order valence-corrected chi connectivity index (χ2v) is 4.48. The molecule has 0 aliphatic carbocycles. The smallest absolute Gasteiger partial charge is 0.0478 e. The molecule has 0 radical (unpaired) electrons. The molecule has 0 spiro atoms. The lowest BCUT2D eigenvalue weighted by Crippen LogP contribution is -2.18. The fourth-order valence-electron chi connectivity index (χ4n) is 1.66. The van der Waals surface area contributed by atoms with E-state index >= 15 is 0 Å². The third-order valence-electron chi connectivity index (χ3n) is 2.74. The topological polar surface area (TPSA) is 21.3 Å². The summed E-state index contributed by atoms with van der Waals surface area (Å²) in [5.74, 6) is 0. The van der Waals surface area contributed by atoms with Crippen LogP contribution in [0, 0.1) is 0 Å². The molecule has 2 heteroatoms. The molecule has 98 valence electrons. The van der Waals surface area contributed by atoms with Gasteiger partial charge < -0.3 is 10.1 Å². The third kappa shape index (κ3) is 13.9. The summed E-state index contributed by atoms with van der Waals surface area (Å²) in [5.41, 5.74) is 0. The second-order valence-electron chi connectivity index (χ2n) is 4.48. The van der Waals surface area contributed by atoms with Crippen molar-refractivity contribution in [2.75, 3.05) is 26.3 Å². The Kier molecular flexibility index (Phi) is 14.8. The molecule has 0 heterocycles. The molecule has 0 atom stereocenters. The SMILES string of the molecule is CCCCCCOCCCNCCCCC. The van der Waals surface area contributed by atoms with E-state index in [1.54, 1.807) is 0 Å². The lowest BCUT2D eigenvalue weighted by atomic mass is 10.2. The van der Waals surface area contributed by atoms with Crippen LogP contribution >= 0.6 is 0 Å². The number of hydrogen-bond acceptors (Lipinski definition) is 2. The zero-order valence-electron chi connectivity index (χ0n) is 11.4. The number of ether oxygens (including phenoxy) is 1. The molecule has 0 aromatic carbocycles. The van der Waals surface area contributed by atoms with E-state index < -0.39 is 0 Å². The monoisotopic (exact) mass is 229 g/mol. The highest BCUT2D eigenvalue weighted by molar-refractivity contribution is 4.48. The third-order valence-corrected chi connectivity index (χ3v) is 2.74. The summed E-state index contributed by atoms with van der Waals surface area (Å²) < 4.78 is 5.57. The fraction of sp³-hybridized carbons (Fsp3) is 1.00. The van der Waals surface area contributed by atoms with Crippen molar-refractivity contribution in [1.82, 2.24) is 5.32 Å². The molecule has 0 aromatic rings. The molecule has 0 aromatic heterocycles.